The number of hydrogen-bond donors (Lipinski definition) is 1. The number of halogens is 1. The number of H-pyrrole nitrogens is 1. The predicted molar refractivity (Wildman–Crippen MR) is 59.7 cm³/mol. The summed E-state index contributed by atoms with van der Waals surface area (Å²) in [6.45, 7) is 0.852. The minimum absolute atomic E-state index is 0.206. The van der Waals surface area contributed by atoms with Crippen molar-refractivity contribution in [1.82, 2.24) is 9.78 Å². The first kappa shape index (κ1) is 10.3. The first-order chi connectivity index (χ1) is 8.27. The molecule has 1 aromatic heterocycles. The highest BCUT2D eigenvalue weighted by Crippen LogP contribution is 2.19. The average molecular weight is 234 g/mol. The van der Waals surface area contributed by atoms with E-state index in [9.17, 15) is 9.18 Å². The van der Waals surface area contributed by atoms with Gasteiger partial charge < -0.3 is 4.74 Å². The molecule has 2 aromatic rings. The first-order valence-corrected chi connectivity index (χ1v) is 5.43. The maximum Gasteiger partial charge on any atom is 0.270 e. The molecule has 1 aliphatic heterocycles. The van der Waals surface area contributed by atoms with Crippen LogP contribution in [0.25, 0.3) is 5.69 Å². The molecule has 5 heteroatoms. The Morgan fingerprint density at radius 3 is 3.00 bits per heavy atom. The second-order valence-corrected chi connectivity index (χ2v) is 3.96. The Balaban J connectivity index is 2.22. The van der Waals surface area contributed by atoms with Crippen LogP contribution in [0.15, 0.2) is 29.1 Å². The van der Waals surface area contributed by atoms with Crippen LogP contribution in [0, 0.1) is 5.82 Å². The highest BCUT2D eigenvalue weighted by Gasteiger charge is 2.20. The third-order valence-electron chi connectivity index (χ3n) is 2.93. The Kier molecular flexibility index (Phi) is 2.33. The molecule has 0 amide bonds. The Morgan fingerprint density at radius 1 is 1.35 bits per heavy atom. The van der Waals surface area contributed by atoms with E-state index in [1.54, 1.807) is 18.2 Å². The summed E-state index contributed by atoms with van der Waals surface area (Å²) >= 11 is 0. The summed E-state index contributed by atoms with van der Waals surface area (Å²) in [6, 6.07) is 6.37. The number of hydrogen-bond acceptors (Lipinski definition) is 2. The Morgan fingerprint density at radius 2 is 2.18 bits per heavy atom. The zero-order chi connectivity index (χ0) is 11.8. The minimum atomic E-state index is -0.354. The van der Waals surface area contributed by atoms with Crippen LogP contribution in [0.4, 0.5) is 4.39 Å². The van der Waals surface area contributed by atoms with Gasteiger partial charge in [-0.05, 0) is 12.1 Å². The van der Waals surface area contributed by atoms with Crippen molar-refractivity contribution in [2.24, 2.45) is 0 Å². The van der Waals surface area contributed by atoms with Gasteiger partial charge in [-0.3, -0.25) is 14.6 Å². The molecule has 1 aliphatic rings. The molecule has 0 atom stereocenters. The van der Waals surface area contributed by atoms with Gasteiger partial charge >= 0.3 is 0 Å². The predicted octanol–water partition coefficient (Wildman–Crippen LogP) is 1.38. The SMILES string of the molecule is O=c1[nH]n(-c2ccccc2F)c2c1COCC2. The lowest BCUT2D eigenvalue weighted by atomic mass is 10.1. The minimum Gasteiger partial charge on any atom is -0.376 e. The molecule has 1 N–H and O–H groups in total. The van der Waals surface area contributed by atoms with Crippen molar-refractivity contribution in [2.75, 3.05) is 6.61 Å². The van der Waals surface area contributed by atoms with Gasteiger partial charge in [-0.25, -0.2) is 4.39 Å². The van der Waals surface area contributed by atoms with Crippen molar-refractivity contribution < 1.29 is 9.13 Å². The lowest BCUT2D eigenvalue weighted by molar-refractivity contribution is 0.109. The standard InChI is InChI=1S/C12H11FN2O2/c13-9-3-1-2-4-11(9)15-10-5-6-17-7-8(10)12(16)14-15/h1-4H,5-7H2,(H,14,16). The second-order valence-electron chi connectivity index (χ2n) is 3.96. The van der Waals surface area contributed by atoms with E-state index in [1.165, 1.54) is 10.7 Å². The van der Waals surface area contributed by atoms with E-state index in [2.05, 4.69) is 5.10 Å². The Labute approximate surface area is 96.6 Å². The van der Waals surface area contributed by atoms with Gasteiger partial charge in [0.15, 0.2) is 0 Å². The molecule has 17 heavy (non-hydrogen) atoms. The number of nitrogens with one attached hydrogen (secondary N) is 1. The summed E-state index contributed by atoms with van der Waals surface area (Å²) in [7, 11) is 0. The summed E-state index contributed by atoms with van der Waals surface area (Å²) in [5.41, 5.74) is 1.57. The van der Waals surface area contributed by atoms with Gasteiger partial charge in [0.25, 0.3) is 5.56 Å². The maximum absolute atomic E-state index is 13.7. The monoisotopic (exact) mass is 234 g/mol. The number of ether oxygens (including phenoxy) is 1. The lowest BCUT2D eigenvalue weighted by Crippen LogP contribution is -2.15. The quantitative estimate of drug-likeness (QED) is 0.810. The molecular weight excluding hydrogens is 223 g/mol. The molecule has 1 aromatic carbocycles. The number of aromatic nitrogens is 2. The van der Waals surface area contributed by atoms with Gasteiger partial charge in [-0.15, -0.1) is 0 Å². The van der Waals surface area contributed by atoms with E-state index in [1.807, 2.05) is 0 Å². The summed E-state index contributed by atoms with van der Waals surface area (Å²) in [5, 5.41) is 2.65. The molecule has 0 aliphatic carbocycles. The maximum atomic E-state index is 13.7. The molecule has 2 heterocycles. The molecule has 0 unspecified atom stereocenters. The fourth-order valence-electron chi connectivity index (χ4n) is 2.10. The van der Waals surface area contributed by atoms with Gasteiger partial charge in [0, 0.05) is 6.42 Å². The molecule has 0 saturated heterocycles. The van der Waals surface area contributed by atoms with Crippen molar-refractivity contribution in [3.8, 4) is 5.69 Å². The fraction of sp³-hybridized carbons (Fsp3) is 0.250. The zero-order valence-corrected chi connectivity index (χ0v) is 9.07. The van der Waals surface area contributed by atoms with Crippen molar-refractivity contribution in [2.45, 2.75) is 13.0 Å². The summed E-state index contributed by atoms with van der Waals surface area (Å²) in [4.78, 5) is 11.7. The number of para-hydroxylation sites is 1. The van der Waals surface area contributed by atoms with Crippen LogP contribution in [0.3, 0.4) is 0 Å². The highest BCUT2D eigenvalue weighted by atomic mass is 19.1. The summed E-state index contributed by atoms with van der Waals surface area (Å²) in [5.74, 6) is -0.354. The molecule has 0 bridgehead atoms. The van der Waals surface area contributed by atoms with Crippen molar-refractivity contribution >= 4 is 0 Å². The number of aromatic amines is 1. The molecular formula is C12H11FN2O2. The van der Waals surface area contributed by atoms with Crippen molar-refractivity contribution in [3.63, 3.8) is 0 Å². The number of fused-ring (bicyclic) bond motifs is 1. The van der Waals surface area contributed by atoms with Crippen LogP contribution in [0.2, 0.25) is 0 Å². The van der Waals surface area contributed by atoms with Crippen LogP contribution >= 0.6 is 0 Å². The second kappa shape index (κ2) is 3.85. The third kappa shape index (κ3) is 1.59. The summed E-state index contributed by atoms with van der Waals surface area (Å²) < 4.78 is 20.4. The number of rotatable bonds is 1. The number of nitrogens with zero attached hydrogens (tertiary/aromatic N) is 1. The zero-order valence-electron chi connectivity index (χ0n) is 9.07. The highest BCUT2D eigenvalue weighted by molar-refractivity contribution is 5.36. The van der Waals surface area contributed by atoms with Gasteiger partial charge in [-0.1, -0.05) is 12.1 Å². The largest absolute Gasteiger partial charge is 0.376 e. The fourth-order valence-corrected chi connectivity index (χ4v) is 2.10. The van der Waals surface area contributed by atoms with E-state index in [0.717, 1.165) is 5.69 Å². The molecule has 0 fully saturated rings. The first-order valence-electron chi connectivity index (χ1n) is 5.43. The van der Waals surface area contributed by atoms with Crippen molar-refractivity contribution in [1.29, 1.82) is 0 Å². The number of benzene rings is 1. The molecule has 4 nitrogen and oxygen atoms in total. The Bertz CT molecular complexity index is 615. The average Bonchev–Trinajstić information content (AvgIpc) is 2.68. The van der Waals surface area contributed by atoms with Crippen LogP contribution in [0.1, 0.15) is 11.3 Å². The van der Waals surface area contributed by atoms with E-state index in [-0.39, 0.29) is 11.4 Å². The van der Waals surface area contributed by atoms with Gasteiger partial charge in [-0.2, -0.15) is 0 Å². The normalized spacial score (nSPS) is 14.6. The topological polar surface area (TPSA) is 47.0 Å². The van der Waals surface area contributed by atoms with Crippen LogP contribution in [-0.2, 0) is 17.8 Å². The summed E-state index contributed by atoms with van der Waals surface area (Å²) in [6.07, 6.45) is 0.613. The smallest absolute Gasteiger partial charge is 0.270 e. The van der Waals surface area contributed by atoms with Gasteiger partial charge in [0.2, 0.25) is 0 Å². The van der Waals surface area contributed by atoms with E-state index >= 15 is 0 Å². The Hall–Kier alpha value is -1.88. The lowest BCUT2D eigenvalue weighted by Gasteiger charge is -2.14. The van der Waals surface area contributed by atoms with Crippen LogP contribution in [0.5, 0.6) is 0 Å². The molecule has 0 saturated carbocycles. The molecule has 88 valence electrons. The van der Waals surface area contributed by atoms with Crippen molar-refractivity contribution in [3.05, 3.63) is 51.7 Å². The molecule has 0 radical (unpaired) electrons. The van der Waals surface area contributed by atoms with E-state index in [4.69, 9.17) is 4.74 Å². The molecule has 0 spiro atoms. The third-order valence-corrected chi connectivity index (χ3v) is 2.93. The van der Waals surface area contributed by atoms with Crippen LogP contribution < -0.4 is 5.56 Å². The van der Waals surface area contributed by atoms with Gasteiger partial charge in [0.1, 0.15) is 5.82 Å². The van der Waals surface area contributed by atoms with E-state index < -0.39 is 0 Å². The van der Waals surface area contributed by atoms with Gasteiger partial charge in [0.05, 0.1) is 30.2 Å². The van der Waals surface area contributed by atoms with E-state index in [0.29, 0.717) is 30.9 Å². The molecule has 3 rings (SSSR count). The van der Waals surface area contributed by atoms with Crippen LogP contribution in [-0.4, -0.2) is 16.4 Å².